The second kappa shape index (κ2) is 9.49. The maximum atomic E-state index is 6.16. The largest absolute Gasteiger partial charge is 0.372 e. The van der Waals surface area contributed by atoms with Gasteiger partial charge in [0.2, 0.25) is 0 Å². The first-order valence-electron chi connectivity index (χ1n) is 7.79. The number of nitrogens with one attached hydrogen (secondary N) is 2. The first-order valence-corrected chi connectivity index (χ1v) is 8.55. The fourth-order valence-corrected chi connectivity index (χ4v) is 2.81. The van der Waals surface area contributed by atoms with Crippen molar-refractivity contribution in [2.24, 2.45) is 0 Å². The Kier molecular flexibility index (Phi) is 7.31. The molecule has 0 saturated carbocycles. The Bertz CT molecular complexity index is 627. The molecule has 0 radical (unpaired) electrons. The molecule has 0 unspecified atom stereocenters. The van der Waals surface area contributed by atoms with Gasteiger partial charge in [0.05, 0.1) is 5.82 Å². The zero-order valence-electron chi connectivity index (χ0n) is 13.1. The van der Waals surface area contributed by atoms with Crippen LogP contribution in [0.25, 0.3) is 0 Å². The fraction of sp³-hybridized carbons (Fsp3) is 0.263. The molecule has 0 heterocycles. The van der Waals surface area contributed by atoms with Crippen LogP contribution in [-0.2, 0) is 12.8 Å². The highest BCUT2D eigenvalue weighted by atomic mass is 35.5. The van der Waals surface area contributed by atoms with Crippen molar-refractivity contribution in [1.29, 1.82) is 0 Å². The van der Waals surface area contributed by atoms with E-state index in [4.69, 9.17) is 23.2 Å². The summed E-state index contributed by atoms with van der Waals surface area (Å²) in [5.74, 6) is 0.850. The van der Waals surface area contributed by atoms with E-state index in [-0.39, 0.29) is 0 Å². The number of halogens is 2. The Hall–Kier alpha value is -1.64. The molecule has 0 bridgehead atoms. The topological polar surface area (TPSA) is 24.1 Å². The summed E-state index contributed by atoms with van der Waals surface area (Å²) in [6.45, 7) is 5.68. The van der Waals surface area contributed by atoms with Crippen LogP contribution in [0.3, 0.4) is 0 Å². The van der Waals surface area contributed by atoms with E-state index in [1.165, 1.54) is 5.56 Å². The predicted octanol–water partition coefficient (Wildman–Crippen LogP) is 4.82. The monoisotopic (exact) mass is 348 g/mol. The van der Waals surface area contributed by atoms with Gasteiger partial charge in [-0.15, -0.1) is 0 Å². The molecule has 23 heavy (non-hydrogen) atoms. The van der Waals surface area contributed by atoms with Gasteiger partial charge < -0.3 is 10.6 Å². The van der Waals surface area contributed by atoms with Crippen LogP contribution in [0.2, 0.25) is 10.0 Å². The first kappa shape index (κ1) is 17.7. The standard InChI is InChI=1S/C19H22Cl2N2/c1-15(22-12-5-8-16-6-3-2-4-7-16)23-13-11-17-9-10-18(20)14-19(17)21/h2-4,6-7,9-10,14,22-23H,1,5,8,11-13H2. The summed E-state index contributed by atoms with van der Waals surface area (Å²) in [6.07, 6.45) is 2.98. The number of hydrogen-bond donors (Lipinski definition) is 2. The van der Waals surface area contributed by atoms with E-state index in [1.54, 1.807) is 6.07 Å². The smallest absolute Gasteiger partial charge is 0.0912 e. The fourth-order valence-electron chi connectivity index (χ4n) is 2.31. The quantitative estimate of drug-likeness (QED) is 0.634. The van der Waals surface area contributed by atoms with Crippen LogP contribution in [0.15, 0.2) is 60.9 Å². The van der Waals surface area contributed by atoms with Gasteiger partial charge in [-0.25, -0.2) is 0 Å². The minimum Gasteiger partial charge on any atom is -0.372 e. The molecule has 2 aromatic carbocycles. The Labute approximate surface area is 148 Å². The van der Waals surface area contributed by atoms with Crippen molar-refractivity contribution in [1.82, 2.24) is 10.6 Å². The summed E-state index contributed by atoms with van der Waals surface area (Å²) in [6, 6.07) is 16.1. The molecule has 0 fully saturated rings. The summed E-state index contributed by atoms with van der Waals surface area (Å²) in [7, 11) is 0. The highest BCUT2D eigenvalue weighted by molar-refractivity contribution is 6.35. The number of aryl methyl sites for hydroxylation is 1. The normalized spacial score (nSPS) is 10.3. The van der Waals surface area contributed by atoms with Gasteiger partial charge in [-0.05, 0) is 42.5 Å². The molecule has 2 rings (SSSR count). The molecule has 0 aliphatic rings. The third-order valence-electron chi connectivity index (χ3n) is 3.57. The summed E-state index contributed by atoms with van der Waals surface area (Å²) in [5.41, 5.74) is 2.45. The zero-order valence-corrected chi connectivity index (χ0v) is 14.6. The molecular weight excluding hydrogens is 327 g/mol. The lowest BCUT2D eigenvalue weighted by molar-refractivity contribution is 0.654. The van der Waals surface area contributed by atoms with E-state index in [2.05, 4.69) is 41.5 Å². The lowest BCUT2D eigenvalue weighted by atomic mass is 10.1. The molecule has 122 valence electrons. The second-order valence-electron chi connectivity index (χ2n) is 5.41. The van der Waals surface area contributed by atoms with E-state index >= 15 is 0 Å². The maximum Gasteiger partial charge on any atom is 0.0912 e. The molecular formula is C19H22Cl2N2. The van der Waals surface area contributed by atoms with Crippen LogP contribution in [0.4, 0.5) is 0 Å². The van der Waals surface area contributed by atoms with Crippen LogP contribution >= 0.6 is 23.2 Å². The maximum absolute atomic E-state index is 6.16. The zero-order chi connectivity index (χ0) is 16.5. The Balaban J connectivity index is 1.60. The second-order valence-corrected chi connectivity index (χ2v) is 6.25. The van der Waals surface area contributed by atoms with Gasteiger partial charge in [0.1, 0.15) is 0 Å². The highest BCUT2D eigenvalue weighted by Gasteiger charge is 2.01. The van der Waals surface area contributed by atoms with Crippen molar-refractivity contribution in [3.63, 3.8) is 0 Å². The van der Waals surface area contributed by atoms with Gasteiger partial charge >= 0.3 is 0 Å². The number of benzene rings is 2. The lowest BCUT2D eigenvalue weighted by Crippen LogP contribution is -2.28. The van der Waals surface area contributed by atoms with Crippen molar-refractivity contribution in [3.05, 3.63) is 82.1 Å². The van der Waals surface area contributed by atoms with Crippen LogP contribution in [0.1, 0.15) is 17.5 Å². The van der Waals surface area contributed by atoms with Crippen molar-refractivity contribution in [2.45, 2.75) is 19.3 Å². The van der Waals surface area contributed by atoms with Crippen LogP contribution in [0.5, 0.6) is 0 Å². The Morgan fingerprint density at radius 3 is 2.39 bits per heavy atom. The van der Waals surface area contributed by atoms with Gasteiger partial charge in [0.15, 0.2) is 0 Å². The molecule has 0 amide bonds. The van der Waals surface area contributed by atoms with Crippen molar-refractivity contribution < 1.29 is 0 Å². The molecule has 2 N–H and O–H groups in total. The average Bonchev–Trinajstić information content (AvgIpc) is 2.55. The molecule has 0 aliphatic heterocycles. The molecule has 0 aromatic heterocycles. The van der Waals surface area contributed by atoms with E-state index in [0.717, 1.165) is 43.7 Å². The summed E-state index contributed by atoms with van der Waals surface area (Å²) >= 11 is 12.0. The third-order valence-corrected chi connectivity index (χ3v) is 4.16. The summed E-state index contributed by atoms with van der Waals surface area (Å²) < 4.78 is 0. The van der Waals surface area contributed by atoms with E-state index < -0.39 is 0 Å². The average molecular weight is 349 g/mol. The highest BCUT2D eigenvalue weighted by Crippen LogP contribution is 2.21. The first-order chi connectivity index (χ1) is 11.1. The van der Waals surface area contributed by atoms with Crippen LogP contribution in [-0.4, -0.2) is 13.1 Å². The van der Waals surface area contributed by atoms with Crippen LogP contribution in [0, 0.1) is 0 Å². The van der Waals surface area contributed by atoms with Crippen LogP contribution < -0.4 is 10.6 Å². The van der Waals surface area contributed by atoms with Crippen molar-refractivity contribution >= 4 is 23.2 Å². The van der Waals surface area contributed by atoms with Gasteiger partial charge in [-0.3, -0.25) is 0 Å². The van der Waals surface area contributed by atoms with Gasteiger partial charge in [0, 0.05) is 23.1 Å². The minimum atomic E-state index is 0.663. The number of rotatable bonds is 9. The van der Waals surface area contributed by atoms with E-state index in [0.29, 0.717) is 10.0 Å². The molecule has 2 aromatic rings. The third kappa shape index (κ3) is 6.55. The van der Waals surface area contributed by atoms with E-state index in [1.807, 2.05) is 18.2 Å². The Morgan fingerprint density at radius 1 is 0.913 bits per heavy atom. The molecule has 0 saturated heterocycles. The summed E-state index contributed by atoms with van der Waals surface area (Å²) in [5, 5.41) is 7.95. The molecule has 4 heteroatoms. The summed E-state index contributed by atoms with van der Waals surface area (Å²) in [4.78, 5) is 0. The van der Waals surface area contributed by atoms with E-state index in [9.17, 15) is 0 Å². The lowest BCUT2D eigenvalue weighted by Gasteiger charge is -2.12. The van der Waals surface area contributed by atoms with Crippen molar-refractivity contribution in [3.8, 4) is 0 Å². The molecule has 0 spiro atoms. The van der Waals surface area contributed by atoms with Crippen molar-refractivity contribution in [2.75, 3.05) is 13.1 Å². The molecule has 2 nitrogen and oxygen atoms in total. The molecule has 0 aliphatic carbocycles. The van der Waals surface area contributed by atoms with Gasteiger partial charge in [0.25, 0.3) is 0 Å². The minimum absolute atomic E-state index is 0.663. The molecule has 0 atom stereocenters. The number of hydrogen-bond acceptors (Lipinski definition) is 2. The van der Waals surface area contributed by atoms with Gasteiger partial charge in [-0.2, -0.15) is 0 Å². The Morgan fingerprint density at radius 2 is 1.65 bits per heavy atom. The van der Waals surface area contributed by atoms with Gasteiger partial charge in [-0.1, -0.05) is 66.2 Å². The predicted molar refractivity (Wildman–Crippen MR) is 100 cm³/mol. The SMILES string of the molecule is C=C(NCCCc1ccccc1)NCCc1ccc(Cl)cc1Cl.